The molecule has 0 saturated heterocycles. The number of amides is 3. The fourth-order valence-electron chi connectivity index (χ4n) is 4.04. The maximum absolute atomic E-state index is 13.7. The Balaban J connectivity index is 1.69. The summed E-state index contributed by atoms with van der Waals surface area (Å²) < 4.78 is 5.11. The van der Waals surface area contributed by atoms with Gasteiger partial charge < -0.3 is 15.4 Å². The minimum atomic E-state index is -1.26. The third-order valence-corrected chi connectivity index (χ3v) is 5.76. The van der Waals surface area contributed by atoms with E-state index >= 15 is 0 Å². The molecule has 1 heterocycles. The summed E-state index contributed by atoms with van der Waals surface area (Å²) in [6.07, 6.45) is -1.26. The van der Waals surface area contributed by atoms with E-state index < -0.39 is 24.1 Å². The first-order chi connectivity index (χ1) is 17.5. The summed E-state index contributed by atoms with van der Waals surface area (Å²) in [5.74, 6) is -1.09. The Morgan fingerprint density at radius 3 is 2.31 bits per heavy atom. The van der Waals surface area contributed by atoms with Crippen LogP contribution in [0, 0.1) is 0 Å². The number of ether oxygens (including phenoxy) is 1. The molecule has 36 heavy (non-hydrogen) atoms. The summed E-state index contributed by atoms with van der Waals surface area (Å²) >= 11 is 0. The summed E-state index contributed by atoms with van der Waals surface area (Å²) in [7, 11) is 0. The smallest absolute Gasteiger partial charge is 0.326 e. The molecule has 3 aromatic carbocycles. The summed E-state index contributed by atoms with van der Waals surface area (Å²) in [5.41, 5.74) is 3.42. The molecule has 0 fully saturated rings. The molecule has 0 unspecified atom stereocenters. The number of fused-ring (bicyclic) bond motifs is 1. The van der Waals surface area contributed by atoms with Gasteiger partial charge in [0.2, 0.25) is 6.17 Å². The molecule has 0 spiro atoms. The Kier molecular flexibility index (Phi) is 7.75. The Labute approximate surface area is 210 Å². The lowest BCUT2D eigenvalue weighted by Gasteiger charge is -2.25. The van der Waals surface area contributed by atoms with Gasteiger partial charge in [-0.05, 0) is 25.5 Å². The van der Waals surface area contributed by atoms with Crippen LogP contribution in [0.5, 0.6) is 0 Å². The van der Waals surface area contributed by atoms with Gasteiger partial charge in [-0.2, -0.15) is 0 Å². The molecular formula is C28H28N4O4. The maximum atomic E-state index is 13.7. The average molecular weight is 485 g/mol. The van der Waals surface area contributed by atoms with E-state index in [2.05, 4.69) is 10.6 Å². The topological polar surface area (TPSA) is 100 Å². The van der Waals surface area contributed by atoms with Crippen molar-refractivity contribution in [2.45, 2.75) is 26.1 Å². The molecule has 1 aliphatic rings. The lowest BCUT2D eigenvalue weighted by atomic mass is 10.0. The van der Waals surface area contributed by atoms with Crippen molar-refractivity contribution in [2.75, 3.05) is 18.1 Å². The van der Waals surface area contributed by atoms with Gasteiger partial charge in [0.15, 0.2) is 0 Å². The van der Waals surface area contributed by atoms with Crippen molar-refractivity contribution in [3.8, 4) is 0 Å². The maximum Gasteiger partial charge on any atom is 0.326 e. The fraction of sp³-hybridized carbons (Fsp3) is 0.214. The van der Waals surface area contributed by atoms with E-state index in [1.807, 2.05) is 79.7 Å². The molecule has 0 aliphatic carbocycles. The number of benzene rings is 3. The van der Waals surface area contributed by atoms with Gasteiger partial charge in [-0.3, -0.25) is 14.5 Å². The normalized spacial score (nSPS) is 15.7. The van der Waals surface area contributed by atoms with Crippen molar-refractivity contribution in [3.05, 3.63) is 102 Å². The highest BCUT2D eigenvalue weighted by atomic mass is 16.5. The summed E-state index contributed by atoms with van der Waals surface area (Å²) in [6.45, 7) is 3.44. The molecule has 8 heteroatoms. The SMILES string of the molecule is CCOC(=O)CN1C(=O)[C@H](NC(=O)N[C@@H](C)c2ccccc2)N=C(c2ccccc2)c2ccccc21. The van der Waals surface area contributed by atoms with Crippen LogP contribution in [-0.2, 0) is 14.3 Å². The minimum Gasteiger partial charge on any atom is -0.465 e. The Morgan fingerprint density at radius 2 is 1.61 bits per heavy atom. The zero-order chi connectivity index (χ0) is 25.5. The quantitative estimate of drug-likeness (QED) is 0.498. The van der Waals surface area contributed by atoms with Crippen LogP contribution in [0.3, 0.4) is 0 Å². The average Bonchev–Trinajstić information content (AvgIpc) is 3.00. The van der Waals surface area contributed by atoms with Crippen LogP contribution in [0.25, 0.3) is 0 Å². The first-order valence-corrected chi connectivity index (χ1v) is 11.8. The number of anilines is 1. The molecule has 4 rings (SSSR count). The van der Waals surface area contributed by atoms with E-state index in [0.717, 1.165) is 11.1 Å². The van der Waals surface area contributed by atoms with Crippen LogP contribution in [0.4, 0.5) is 10.5 Å². The number of nitrogens with zero attached hydrogens (tertiary/aromatic N) is 2. The number of aliphatic imine (C=N–C) groups is 1. The highest BCUT2D eigenvalue weighted by Gasteiger charge is 2.34. The lowest BCUT2D eigenvalue weighted by Crippen LogP contribution is -2.51. The molecule has 3 amide bonds. The number of carbonyl (C=O) groups is 3. The Morgan fingerprint density at radius 1 is 0.972 bits per heavy atom. The van der Waals surface area contributed by atoms with Crippen molar-refractivity contribution in [1.29, 1.82) is 0 Å². The van der Waals surface area contributed by atoms with Crippen LogP contribution in [-0.4, -0.2) is 42.9 Å². The first kappa shape index (κ1) is 24.7. The third kappa shape index (κ3) is 5.60. The largest absolute Gasteiger partial charge is 0.465 e. The molecular weight excluding hydrogens is 456 g/mol. The van der Waals surface area contributed by atoms with Gasteiger partial charge in [-0.25, -0.2) is 9.79 Å². The zero-order valence-corrected chi connectivity index (χ0v) is 20.2. The molecule has 184 valence electrons. The molecule has 3 aromatic rings. The number of nitrogens with one attached hydrogen (secondary N) is 2. The second kappa shape index (κ2) is 11.3. The molecule has 0 saturated carbocycles. The van der Waals surface area contributed by atoms with Crippen LogP contribution in [0.15, 0.2) is 89.9 Å². The van der Waals surface area contributed by atoms with E-state index in [1.165, 1.54) is 4.90 Å². The van der Waals surface area contributed by atoms with Crippen LogP contribution >= 0.6 is 0 Å². The minimum absolute atomic E-state index is 0.190. The predicted molar refractivity (Wildman–Crippen MR) is 138 cm³/mol. The van der Waals surface area contributed by atoms with Crippen LogP contribution in [0.1, 0.15) is 36.6 Å². The summed E-state index contributed by atoms with van der Waals surface area (Å²) in [5, 5.41) is 5.55. The van der Waals surface area contributed by atoms with E-state index in [1.54, 1.807) is 19.1 Å². The molecule has 0 bridgehead atoms. The predicted octanol–water partition coefficient (Wildman–Crippen LogP) is 3.82. The number of esters is 1. The van der Waals surface area contributed by atoms with Crippen LogP contribution < -0.4 is 15.5 Å². The number of hydrogen-bond donors (Lipinski definition) is 2. The molecule has 2 atom stereocenters. The molecule has 1 aliphatic heterocycles. The van der Waals surface area contributed by atoms with Crippen molar-refractivity contribution in [1.82, 2.24) is 10.6 Å². The standard InChI is InChI=1S/C28H28N4O4/c1-3-36-24(33)18-32-23-17-11-10-16-22(23)25(21-14-8-5-9-15-21)30-26(27(32)34)31-28(35)29-19(2)20-12-6-4-7-13-20/h4-17,19,26H,3,18H2,1-2H3,(H2,29,31,35)/t19-,26-/m0/s1. The van der Waals surface area contributed by atoms with E-state index in [0.29, 0.717) is 17.0 Å². The molecule has 2 N–H and O–H groups in total. The Hall–Kier alpha value is -4.46. The van der Waals surface area contributed by atoms with Gasteiger partial charge in [0, 0.05) is 11.1 Å². The van der Waals surface area contributed by atoms with Crippen molar-refractivity contribution in [2.24, 2.45) is 4.99 Å². The second-order valence-corrected chi connectivity index (χ2v) is 8.24. The number of rotatable bonds is 7. The lowest BCUT2D eigenvalue weighted by molar-refractivity contribution is -0.142. The number of urea groups is 1. The van der Waals surface area contributed by atoms with E-state index in [-0.39, 0.29) is 19.2 Å². The van der Waals surface area contributed by atoms with Gasteiger partial charge in [-0.15, -0.1) is 0 Å². The highest BCUT2D eigenvalue weighted by molar-refractivity contribution is 6.20. The van der Waals surface area contributed by atoms with Gasteiger partial charge in [0.1, 0.15) is 6.54 Å². The molecule has 0 radical (unpaired) electrons. The van der Waals surface area contributed by atoms with Crippen LogP contribution in [0.2, 0.25) is 0 Å². The van der Waals surface area contributed by atoms with E-state index in [9.17, 15) is 14.4 Å². The van der Waals surface area contributed by atoms with Gasteiger partial charge >= 0.3 is 12.0 Å². The summed E-state index contributed by atoms with van der Waals surface area (Å²) in [6, 6.07) is 25.3. The van der Waals surface area contributed by atoms with Crippen molar-refractivity contribution in [3.63, 3.8) is 0 Å². The van der Waals surface area contributed by atoms with Gasteiger partial charge in [0.25, 0.3) is 5.91 Å². The zero-order valence-electron chi connectivity index (χ0n) is 20.2. The van der Waals surface area contributed by atoms with Gasteiger partial charge in [0.05, 0.1) is 24.0 Å². The second-order valence-electron chi connectivity index (χ2n) is 8.24. The fourth-order valence-corrected chi connectivity index (χ4v) is 4.04. The highest BCUT2D eigenvalue weighted by Crippen LogP contribution is 2.28. The molecule has 8 nitrogen and oxygen atoms in total. The summed E-state index contributed by atoms with van der Waals surface area (Å²) in [4.78, 5) is 45.1. The van der Waals surface area contributed by atoms with Crippen molar-refractivity contribution < 1.29 is 19.1 Å². The first-order valence-electron chi connectivity index (χ1n) is 11.8. The van der Waals surface area contributed by atoms with Gasteiger partial charge in [-0.1, -0.05) is 78.9 Å². The Bertz CT molecular complexity index is 1260. The monoisotopic (exact) mass is 484 g/mol. The number of para-hydroxylation sites is 1. The third-order valence-electron chi connectivity index (χ3n) is 5.76. The van der Waals surface area contributed by atoms with E-state index in [4.69, 9.17) is 9.73 Å². The van der Waals surface area contributed by atoms with Crippen molar-refractivity contribution >= 4 is 29.3 Å². The number of carbonyl (C=O) groups excluding carboxylic acids is 3. The molecule has 0 aromatic heterocycles. The number of benzodiazepines with no additional fused rings is 1. The number of hydrogen-bond acceptors (Lipinski definition) is 5.